The first kappa shape index (κ1) is 17.5. The molecule has 0 radical (unpaired) electrons. The van der Waals surface area contributed by atoms with Crippen molar-refractivity contribution in [2.75, 3.05) is 6.61 Å². The molecule has 0 N–H and O–H groups in total. The maximum absolute atomic E-state index is 11.4. The molecule has 0 aromatic heterocycles. The zero-order chi connectivity index (χ0) is 16.1. The highest BCUT2D eigenvalue weighted by Gasteiger charge is 2.34. The fraction of sp³-hybridized carbons (Fsp3) is 0.952. The minimum absolute atomic E-state index is 0.511. The monoisotopic (exact) mass is 320 g/mol. The SMILES string of the molecule is CCCOC1CCC(C2CCC(C3CCC(=O)CC3)CC2)CC1. The van der Waals surface area contributed by atoms with E-state index in [-0.39, 0.29) is 0 Å². The number of rotatable bonds is 5. The smallest absolute Gasteiger partial charge is 0.132 e. The zero-order valence-corrected chi connectivity index (χ0v) is 15.1. The van der Waals surface area contributed by atoms with E-state index in [1.54, 1.807) is 0 Å². The number of ether oxygens (including phenoxy) is 1. The lowest BCUT2D eigenvalue weighted by Crippen LogP contribution is -2.31. The van der Waals surface area contributed by atoms with Crippen molar-refractivity contribution in [2.45, 2.75) is 96.5 Å². The van der Waals surface area contributed by atoms with E-state index >= 15 is 0 Å². The molecule has 0 atom stereocenters. The molecule has 23 heavy (non-hydrogen) atoms. The molecule has 132 valence electrons. The minimum Gasteiger partial charge on any atom is -0.378 e. The normalized spacial score (nSPS) is 37.0. The Bertz CT molecular complexity index is 352. The van der Waals surface area contributed by atoms with Gasteiger partial charge in [-0.25, -0.2) is 0 Å². The Morgan fingerprint density at radius 2 is 1.17 bits per heavy atom. The molecule has 2 nitrogen and oxygen atoms in total. The number of hydrogen-bond donors (Lipinski definition) is 0. The van der Waals surface area contributed by atoms with Gasteiger partial charge in [0.1, 0.15) is 5.78 Å². The summed E-state index contributed by atoms with van der Waals surface area (Å²) in [6.07, 6.45) is 17.0. The van der Waals surface area contributed by atoms with E-state index < -0.39 is 0 Å². The molecule has 0 aromatic rings. The van der Waals surface area contributed by atoms with Crippen LogP contribution in [0.25, 0.3) is 0 Å². The van der Waals surface area contributed by atoms with Gasteiger partial charge in [0.15, 0.2) is 0 Å². The third-order valence-electron chi connectivity index (χ3n) is 7.01. The van der Waals surface area contributed by atoms with Crippen molar-refractivity contribution in [3.8, 4) is 0 Å². The van der Waals surface area contributed by atoms with Crippen LogP contribution in [0.1, 0.15) is 90.4 Å². The van der Waals surface area contributed by atoms with Crippen LogP contribution >= 0.6 is 0 Å². The fourth-order valence-corrected chi connectivity index (χ4v) is 5.53. The predicted molar refractivity (Wildman–Crippen MR) is 94.4 cm³/mol. The van der Waals surface area contributed by atoms with E-state index in [9.17, 15) is 4.79 Å². The summed E-state index contributed by atoms with van der Waals surface area (Å²) in [5, 5.41) is 0. The average Bonchev–Trinajstić information content (AvgIpc) is 2.61. The minimum atomic E-state index is 0.511. The fourth-order valence-electron chi connectivity index (χ4n) is 5.53. The van der Waals surface area contributed by atoms with Crippen LogP contribution in [0.5, 0.6) is 0 Å². The molecular weight excluding hydrogens is 284 g/mol. The second-order valence-corrected chi connectivity index (χ2v) is 8.46. The highest BCUT2D eigenvalue weighted by molar-refractivity contribution is 5.79. The van der Waals surface area contributed by atoms with E-state index in [0.29, 0.717) is 11.9 Å². The van der Waals surface area contributed by atoms with Gasteiger partial charge in [0.2, 0.25) is 0 Å². The molecule has 0 spiro atoms. The first-order chi connectivity index (χ1) is 11.3. The van der Waals surface area contributed by atoms with E-state index in [4.69, 9.17) is 4.74 Å². The Hall–Kier alpha value is -0.370. The molecule has 0 bridgehead atoms. The van der Waals surface area contributed by atoms with Crippen LogP contribution in [-0.4, -0.2) is 18.5 Å². The number of hydrogen-bond acceptors (Lipinski definition) is 2. The molecule has 0 heterocycles. The molecule has 2 heteroatoms. The van der Waals surface area contributed by atoms with Gasteiger partial charge in [-0.15, -0.1) is 0 Å². The lowest BCUT2D eigenvalue weighted by atomic mass is 9.66. The number of carbonyl (C=O) groups excluding carboxylic acids is 1. The van der Waals surface area contributed by atoms with Gasteiger partial charge in [0.25, 0.3) is 0 Å². The molecule has 0 saturated heterocycles. The van der Waals surface area contributed by atoms with Crippen LogP contribution in [0.15, 0.2) is 0 Å². The third kappa shape index (κ3) is 4.81. The van der Waals surface area contributed by atoms with Crippen LogP contribution in [0, 0.1) is 23.7 Å². The van der Waals surface area contributed by atoms with Crippen molar-refractivity contribution in [1.29, 1.82) is 0 Å². The van der Waals surface area contributed by atoms with Crippen molar-refractivity contribution in [3.63, 3.8) is 0 Å². The van der Waals surface area contributed by atoms with Gasteiger partial charge in [-0.1, -0.05) is 6.92 Å². The summed E-state index contributed by atoms with van der Waals surface area (Å²) in [5.41, 5.74) is 0. The Balaban J connectivity index is 1.37. The lowest BCUT2D eigenvalue weighted by Gasteiger charge is -2.40. The van der Waals surface area contributed by atoms with Crippen LogP contribution in [0.4, 0.5) is 0 Å². The summed E-state index contributed by atoms with van der Waals surface area (Å²) < 4.78 is 5.95. The van der Waals surface area contributed by atoms with Gasteiger partial charge in [0, 0.05) is 19.4 Å². The highest BCUT2D eigenvalue weighted by atomic mass is 16.5. The molecule has 3 aliphatic carbocycles. The predicted octanol–water partition coefficient (Wildman–Crippen LogP) is 5.54. The quantitative estimate of drug-likeness (QED) is 0.665. The van der Waals surface area contributed by atoms with Crippen LogP contribution < -0.4 is 0 Å². The first-order valence-corrected chi connectivity index (χ1v) is 10.4. The van der Waals surface area contributed by atoms with Gasteiger partial charge in [-0.3, -0.25) is 4.79 Å². The molecule has 3 rings (SSSR count). The summed E-state index contributed by atoms with van der Waals surface area (Å²) in [6, 6.07) is 0. The van der Waals surface area contributed by atoms with Gasteiger partial charge in [0.05, 0.1) is 6.10 Å². The second-order valence-electron chi connectivity index (χ2n) is 8.46. The molecule has 0 aliphatic heterocycles. The van der Waals surface area contributed by atoms with Crippen molar-refractivity contribution in [1.82, 2.24) is 0 Å². The standard InChI is InChI=1S/C21H36O2/c1-2-15-23-21-13-9-19(10-14-21)17-5-3-16(4-6-17)18-7-11-20(22)12-8-18/h16-19,21H,2-15H2,1H3. The molecular formula is C21H36O2. The van der Waals surface area contributed by atoms with Gasteiger partial charge >= 0.3 is 0 Å². The van der Waals surface area contributed by atoms with Crippen LogP contribution in [0.3, 0.4) is 0 Å². The number of carbonyl (C=O) groups is 1. The third-order valence-corrected chi connectivity index (χ3v) is 7.01. The Morgan fingerprint density at radius 1 is 0.739 bits per heavy atom. The van der Waals surface area contributed by atoms with E-state index in [1.165, 1.54) is 64.2 Å². The van der Waals surface area contributed by atoms with Crippen molar-refractivity contribution < 1.29 is 9.53 Å². The summed E-state index contributed by atoms with van der Waals surface area (Å²) in [6.45, 7) is 3.15. The van der Waals surface area contributed by atoms with Crippen molar-refractivity contribution in [2.24, 2.45) is 23.7 Å². The molecule has 3 saturated carbocycles. The summed E-state index contributed by atoms with van der Waals surface area (Å²) in [7, 11) is 0. The van der Waals surface area contributed by atoms with Crippen LogP contribution in [0.2, 0.25) is 0 Å². The molecule has 0 amide bonds. The Morgan fingerprint density at radius 3 is 1.65 bits per heavy atom. The maximum Gasteiger partial charge on any atom is 0.132 e. The van der Waals surface area contributed by atoms with E-state index in [2.05, 4.69) is 6.92 Å². The van der Waals surface area contributed by atoms with Gasteiger partial charge in [-0.05, 0) is 94.3 Å². The highest BCUT2D eigenvalue weighted by Crippen LogP contribution is 2.44. The Labute approximate surface area is 142 Å². The summed E-state index contributed by atoms with van der Waals surface area (Å²) >= 11 is 0. The van der Waals surface area contributed by atoms with E-state index in [0.717, 1.165) is 49.5 Å². The topological polar surface area (TPSA) is 26.3 Å². The molecule has 3 fully saturated rings. The lowest BCUT2D eigenvalue weighted by molar-refractivity contribution is -0.121. The van der Waals surface area contributed by atoms with Gasteiger partial charge in [-0.2, -0.15) is 0 Å². The average molecular weight is 321 g/mol. The van der Waals surface area contributed by atoms with E-state index in [1.807, 2.05) is 0 Å². The molecule has 0 aromatic carbocycles. The zero-order valence-electron chi connectivity index (χ0n) is 15.1. The second kappa shape index (κ2) is 8.65. The van der Waals surface area contributed by atoms with Crippen LogP contribution in [-0.2, 0) is 9.53 Å². The largest absolute Gasteiger partial charge is 0.378 e. The summed E-state index contributed by atoms with van der Waals surface area (Å²) in [4.78, 5) is 11.4. The number of Topliss-reactive ketones (excluding diaryl/α,β-unsaturated/α-hetero) is 1. The first-order valence-electron chi connectivity index (χ1n) is 10.4. The maximum atomic E-state index is 11.4. The molecule has 0 unspecified atom stereocenters. The number of ketones is 1. The van der Waals surface area contributed by atoms with Gasteiger partial charge < -0.3 is 4.74 Å². The molecule has 3 aliphatic rings. The van der Waals surface area contributed by atoms with Crippen molar-refractivity contribution in [3.05, 3.63) is 0 Å². The van der Waals surface area contributed by atoms with Crippen molar-refractivity contribution >= 4 is 5.78 Å². The summed E-state index contributed by atoms with van der Waals surface area (Å²) in [5.74, 6) is 4.28. The Kier molecular flexibility index (Phi) is 6.56.